The summed E-state index contributed by atoms with van der Waals surface area (Å²) in [4.78, 5) is 16.4. The minimum Gasteiger partial charge on any atom is -0.486 e. The Morgan fingerprint density at radius 1 is 1.26 bits per heavy atom. The van der Waals surface area contributed by atoms with Crippen molar-refractivity contribution in [3.63, 3.8) is 0 Å². The number of nitrogens with zero attached hydrogens (tertiary/aromatic N) is 4. The average molecular weight is 380 g/mol. The van der Waals surface area contributed by atoms with Crippen molar-refractivity contribution in [3.8, 4) is 5.75 Å². The van der Waals surface area contributed by atoms with Gasteiger partial charge in [-0.25, -0.2) is 0 Å². The largest absolute Gasteiger partial charge is 0.486 e. The minimum absolute atomic E-state index is 0.0412. The smallest absolute Gasteiger partial charge is 0.416 e. The second-order valence-corrected chi connectivity index (χ2v) is 7.06. The maximum absolute atomic E-state index is 13.0. The highest BCUT2D eigenvalue weighted by Crippen LogP contribution is 2.36. The Balaban J connectivity index is 1.58. The molecule has 0 aliphatic carbocycles. The molecule has 0 radical (unpaired) electrons. The zero-order valence-corrected chi connectivity index (χ0v) is 14.9. The van der Waals surface area contributed by atoms with E-state index >= 15 is 0 Å². The third-order valence-electron chi connectivity index (χ3n) is 5.11. The van der Waals surface area contributed by atoms with E-state index in [0.29, 0.717) is 19.6 Å². The first kappa shape index (κ1) is 17.8. The topological polar surface area (TPSA) is 50.6 Å². The molecule has 144 valence electrons. The van der Waals surface area contributed by atoms with E-state index in [4.69, 9.17) is 4.74 Å². The number of fused-ring (bicyclic) bond motifs is 2. The van der Waals surface area contributed by atoms with Crippen LogP contribution in [-0.2, 0) is 19.8 Å². The molecule has 1 amide bonds. The van der Waals surface area contributed by atoms with Crippen molar-refractivity contribution in [2.24, 2.45) is 7.05 Å². The van der Waals surface area contributed by atoms with E-state index in [1.807, 2.05) is 13.2 Å². The molecule has 1 fully saturated rings. The van der Waals surface area contributed by atoms with E-state index < -0.39 is 17.6 Å². The lowest BCUT2D eigenvalue weighted by Gasteiger charge is -2.25. The van der Waals surface area contributed by atoms with Crippen molar-refractivity contribution in [2.45, 2.75) is 24.9 Å². The van der Waals surface area contributed by atoms with Gasteiger partial charge in [-0.05, 0) is 18.2 Å². The SMILES string of the molecule is CN1C(=O)c2cc(C(F)(F)F)ccc2OC2CN(Cc3cnn(C)c3)CC21. The number of ether oxygens (including phenoxy) is 1. The Kier molecular flexibility index (Phi) is 4.14. The molecule has 2 aliphatic rings. The number of halogens is 3. The molecular formula is C18H19F3N4O2. The van der Waals surface area contributed by atoms with Crippen LogP contribution in [0.5, 0.6) is 5.75 Å². The van der Waals surface area contributed by atoms with Gasteiger partial charge in [-0.15, -0.1) is 0 Å². The number of likely N-dealkylation sites (N-methyl/N-ethyl adjacent to an activating group) is 1. The fourth-order valence-corrected chi connectivity index (χ4v) is 3.74. The maximum atomic E-state index is 13.0. The Morgan fingerprint density at radius 3 is 2.70 bits per heavy atom. The lowest BCUT2D eigenvalue weighted by Crippen LogP contribution is -2.44. The van der Waals surface area contributed by atoms with Gasteiger partial charge in [-0.2, -0.15) is 18.3 Å². The zero-order valence-electron chi connectivity index (χ0n) is 14.9. The van der Waals surface area contributed by atoms with E-state index in [0.717, 1.165) is 17.7 Å². The highest BCUT2D eigenvalue weighted by atomic mass is 19.4. The van der Waals surface area contributed by atoms with Crippen LogP contribution in [0, 0.1) is 0 Å². The molecule has 4 rings (SSSR count). The molecule has 2 aliphatic heterocycles. The molecule has 2 unspecified atom stereocenters. The molecule has 6 nitrogen and oxygen atoms in total. The predicted octanol–water partition coefficient (Wildman–Crippen LogP) is 2.16. The Labute approximate surface area is 154 Å². The van der Waals surface area contributed by atoms with Crippen molar-refractivity contribution in [3.05, 3.63) is 47.3 Å². The third kappa shape index (κ3) is 3.27. The molecule has 0 N–H and O–H groups in total. The van der Waals surface area contributed by atoms with Gasteiger partial charge in [0, 0.05) is 45.5 Å². The van der Waals surface area contributed by atoms with Crippen LogP contribution in [0.4, 0.5) is 13.2 Å². The number of carbonyl (C=O) groups excluding carboxylic acids is 1. The lowest BCUT2D eigenvalue weighted by molar-refractivity contribution is -0.137. The van der Waals surface area contributed by atoms with E-state index in [1.165, 1.54) is 11.0 Å². The van der Waals surface area contributed by atoms with Crippen LogP contribution in [-0.4, -0.2) is 57.8 Å². The maximum Gasteiger partial charge on any atom is 0.416 e. The van der Waals surface area contributed by atoms with E-state index in [-0.39, 0.29) is 23.5 Å². The van der Waals surface area contributed by atoms with Gasteiger partial charge < -0.3 is 9.64 Å². The first-order chi connectivity index (χ1) is 12.7. The van der Waals surface area contributed by atoms with Crippen LogP contribution in [0.2, 0.25) is 0 Å². The quantitative estimate of drug-likeness (QED) is 0.801. The summed E-state index contributed by atoms with van der Waals surface area (Å²) in [7, 11) is 3.46. The highest BCUT2D eigenvalue weighted by molar-refractivity contribution is 5.97. The number of aromatic nitrogens is 2. The number of rotatable bonds is 2. The highest BCUT2D eigenvalue weighted by Gasteiger charge is 2.43. The summed E-state index contributed by atoms with van der Waals surface area (Å²) in [5.74, 6) is -0.248. The second kappa shape index (κ2) is 6.26. The molecule has 2 aromatic rings. The van der Waals surface area contributed by atoms with Crippen LogP contribution >= 0.6 is 0 Å². The molecule has 9 heteroatoms. The van der Waals surface area contributed by atoms with E-state index in [9.17, 15) is 18.0 Å². The van der Waals surface area contributed by atoms with Gasteiger partial charge in [-0.1, -0.05) is 0 Å². The molecule has 0 bridgehead atoms. The zero-order chi connectivity index (χ0) is 19.3. The Morgan fingerprint density at radius 2 is 2.04 bits per heavy atom. The Hall–Kier alpha value is -2.55. The first-order valence-electron chi connectivity index (χ1n) is 8.57. The summed E-state index contributed by atoms with van der Waals surface area (Å²) < 4.78 is 46.7. The number of hydrogen-bond acceptors (Lipinski definition) is 4. The van der Waals surface area contributed by atoms with Gasteiger partial charge in [0.15, 0.2) is 0 Å². The molecule has 1 aromatic heterocycles. The van der Waals surface area contributed by atoms with Gasteiger partial charge >= 0.3 is 6.18 Å². The molecule has 1 aromatic carbocycles. The molecule has 1 saturated heterocycles. The predicted molar refractivity (Wildman–Crippen MR) is 90.2 cm³/mol. The van der Waals surface area contributed by atoms with Gasteiger partial charge in [-0.3, -0.25) is 14.4 Å². The first-order valence-corrected chi connectivity index (χ1v) is 8.57. The second-order valence-electron chi connectivity index (χ2n) is 7.06. The van der Waals surface area contributed by atoms with Crippen molar-refractivity contribution >= 4 is 5.91 Å². The van der Waals surface area contributed by atoms with Gasteiger partial charge in [0.05, 0.1) is 23.4 Å². The molecule has 3 heterocycles. The van der Waals surface area contributed by atoms with Gasteiger partial charge in [0.2, 0.25) is 0 Å². The van der Waals surface area contributed by atoms with Crippen molar-refractivity contribution in [1.82, 2.24) is 19.6 Å². The molecule has 27 heavy (non-hydrogen) atoms. The summed E-state index contributed by atoms with van der Waals surface area (Å²) in [6, 6.07) is 2.85. The summed E-state index contributed by atoms with van der Waals surface area (Å²) >= 11 is 0. The summed E-state index contributed by atoms with van der Waals surface area (Å²) in [6.07, 6.45) is -1.08. The van der Waals surface area contributed by atoms with Crippen molar-refractivity contribution in [2.75, 3.05) is 20.1 Å². The third-order valence-corrected chi connectivity index (χ3v) is 5.11. The number of carbonyl (C=O) groups is 1. The number of alkyl halides is 3. The normalized spacial score (nSPS) is 23.0. The van der Waals surface area contributed by atoms with Crippen LogP contribution in [0.3, 0.4) is 0 Å². The lowest BCUT2D eigenvalue weighted by atomic mass is 10.1. The summed E-state index contributed by atoms with van der Waals surface area (Å²) in [6.45, 7) is 1.84. The van der Waals surface area contributed by atoms with E-state index in [1.54, 1.807) is 17.9 Å². The number of hydrogen-bond donors (Lipinski definition) is 0. The molecule has 0 saturated carbocycles. The molecule has 2 atom stereocenters. The molecular weight excluding hydrogens is 361 g/mol. The molecule has 0 spiro atoms. The Bertz CT molecular complexity index is 880. The number of aryl methyl sites for hydroxylation is 1. The number of benzene rings is 1. The standard InChI is InChI=1S/C18H19F3N4O2/c1-23-7-11(6-22-23)8-25-9-14-16(10-25)27-15-4-3-12(18(19,20)21)5-13(15)17(26)24(14)2/h3-7,14,16H,8-10H2,1-2H3. The van der Waals surface area contributed by atoms with Crippen molar-refractivity contribution < 1.29 is 22.7 Å². The summed E-state index contributed by atoms with van der Waals surface area (Å²) in [5, 5.41) is 4.15. The fraction of sp³-hybridized carbons (Fsp3) is 0.444. The van der Waals surface area contributed by atoms with Gasteiger partial charge in [0.1, 0.15) is 11.9 Å². The van der Waals surface area contributed by atoms with Crippen LogP contribution in [0.15, 0.2) is 30.6 Å². The average Bonchev–Trinajstić information content (AvgIpc) is 3.17. The van der Waals surface area contributed by atoms with E-state index in [2.05, 4.69) is 10.00 Å². The number of likely N-dealkylation sites (tertiary alicyclic amines) is 1. The minimum atomic E-state index is -4.50. The van der Waals surface area contributed by atoms with Crippen LogP contribution in [0.1, 0.15) is 21.5 Å². The van der Waals surface area contributed by atoms with Crippen LogP contribution in [0.25, 0.3) is 0 Å². The van der Waals surface area contributed by atoms with Crippen LogP contribution < -0.4 is 4.74 Å². The monoisotopic (exact) mass is 380 g/mol. The van der Waals surface area contributed by atoms with Gasteiger partial charge in [0.25, 0.3) is 5.91 Å². The van der Waals surface area contributed by atoms with Crippen molar-refractivity contribution in [1.29, 1.82) is 0 Å². The summed E-state index contributed by atoms with van der Waals surface area (Å²) in [5.41, 5.74) is 0.163. The fourth-order valence-electron chi connectivity index (χ4n) is 3.74. The number of amides is 1.